The zero-order valence-electron chi connectivity index (χ0n) is 9.74. The van der Waals surface area contributed by atoms with Gasteiger partial charge < -0.3 is 10.2 Å². The van der Waals surface area contributed by atoms with Crippen LogP contribution in [-0.2, 0) is 11.2 Å². The molecule has 17 heavy (non-hydrogen) atoms. The highest BCUT2D eigenvalue weighted by molar-refractivity contribution is 6.29. The Morgan fingerprint density at radius 3 is 3.06 bits per heavy atom. The van der Waals surface area contributed by atoms with Crippen molar-refractivity contribution in [1.82, 2.24) is 15.3 Å². The van der Waals surface area contributed by atoms with E-state index in [2.05, 4.69) is 20.2 Å². The Labute approximate surface area is 105 Å². The second-order valence-corrected chi connectivity index (χ2v) is 4.29. The molecule has 0 aliphatic carbocycles. The van der Waals surface area contributed by atoms with Gasteiger partial charge >= 0.3 is 0 Å². The van der Waals surface area contributed by atoms with Gasteiger partial charge in [-0.05, 0) is 0 Å². The molecule has 0 aromatic carbocycles. The van der Waals surface area contributed by atoms with Crippen LogP contribution in [-0.4, -0.2) is 35.5 Å². The minimum Gasteiger partial charge on any atom is -0.354 e. The number of rotatable bonds is 2. The molecule has 0 unspecified atom stereocenters. The molecule has 1 aromatic heterocycles. The first-order valence-electron chi connectivity index (χ1n) is 5.74. The zero-order valence-corrected chi connectivity index (χ0v) is 10.5. The molecule has 2 rings (SSSR count). The van der Waals surface area contributed by atoms with Crippen molar-refractivity contribution in [2.75, 3.05) is 24.5 Å². The highest BCUT2D eigenvalue weighted by Crippen LogP contribution is 2.17. The molecule has 1 aromatic rings. The minimum absolute atomic E-state index is 0.0865. The van der Waals surface area contributed by atoms with Crippen molar-refractivity contribution in [3.63, 3.8) is 0 Å². The Morgan fingerprint density at radius 1 is 1.47 bits per heavy atom. The van der Waals surface area contributed by atoms with Crippen LogP contribution in [0.3, 0.4) is 0 Å². The van der Waals surface area contributed by atoms with Crippen LogP contribution in [0.1, 0.15) is 19.2 Å². The first-order valence-corrected chi connectivity index (χ1v) is 6.12. The van der Waals surface area contributed by atoms with Gasteiger partial charge in [0.2, 0.25) is 5.91 Å². The molecule has 1 amide bonds. The van der Waals surface area contributed by atoms with Gasteiger partial charge in [0.25, 0.3) is 0 Å². The molecule has 0 radical (unpaired) electrons. The maximum atomic E-state index is 11.3. The largest absolute Gasteiger partial charge is 0.354 e. The van der Waals surface area contributed by atoms with Crippen LogP contribution < -0.4 is 10.2 Å². The summed E-state index contributed by atoms with van der Waals surface area (Å²) in [7, 11) is 0. The number of aromatic nitrogens is 2. The number of halogens is 1. The summed E-state index contributed by atoms with van der Waals surface area (Å²) in [6, 6.07) is 1.75. The van der Waals surface area contributed by atoms with Crippen molar-refractivity contribution in [2.24, 2.45) is 0 Å². The SMILES string of the molecule is CCc1nc(Cl)cc(N2CCNC(=O)CC2)n1. The molecule has 1 aliphatic rings. The Hall–Kier alpha value is -1.36. The predicted octanol–water partition coefficient (Wildman–Crippen LogP) is 1.02. The third kappa shape index (κ3) is 3.06. The highest BCUT2D eigenvalue weighted by atomic mass is 35.5. The maximum absolute atomic E-state index is 11.3. The molecule has 1 saturated heterocycles. The van der Waals surface area contributed by atoms with Crippen molar-refractivity contribution < 1.29 is 4.79 Å². The van der Waals surface area contributed by atoms with Gasteiger partial charge in [0, 0.05) is 38.5 Å². The van der Waals surface area contributed by atoms with Crippen molar-refractivity contribution >= 4 is 23.3 Å². The van der Waals surface area contributed by atoms with E-state index in [1.165, 1.54) is 0 Å². The van der Waals surface area contributed by atoms with Gasteiger partial charge in [-0.1, -0.05) is 18.5 Å². The molecule has 6 heteroatoms. The quantitative estimate of drug-likeness (QED) is 0.801. The lowest BCUT2D eigenvalue weighted by molar-refractivity contribution is -0.120. The first-order chi connectivity index (χ1) is 8.19. The number of amides is 1. The van der Waals surface area contributed by atoms with Gasteiger partial charge in [-0.25, -0.2) is 9.97 Å². The molecule has 1 N–H and O–H groups in total. The number of nitrogens with one attached hydrogen (secondary N) is 1. The van der Waals surface area contributed by atoms with Gasteiger partial charge in [0.1, 0.15) is 16.8 Å². The topological polar surface area (TPSA) is 58.1 Å². The van der Waals surface area contributed by atoms with Crippen molar-refractivity contribution in [2.45, 2.75) is 19.8 Å². The van der Waals surface area contributed by atoms with Gasteiger partial charge in [-0.3, -0.25) is 4.79 Å². The van der Waals surface area contributed by atoms with Crippen LogP contribution in [0.5, 0.6) is 0 Å². The second-order valence-electron chi connectivity index (χ2n) is 3.91. The number of carbonyl (C=O) groups is 1. The lowest BCUT2D eigenvalue weighted by Gasteiger charge is -2.20. The van der Waals surface area contributed by atoms with E-state index in [1.54, 1.807) is 6.07 Å². The Balaban J connectivity index is 2.20. The summed E-state index contributed by atoms with van der Waals surface area (Å²) in [5, 5.41) is 3.28. The zero-order chi connectivity index (χ0) is 12.3. The standard InChI is InChI=1S/C11H15ClN4O/c1-2-9-14-8(12)7-10(15-9)16-5-3-11(17)13-4-6-16/h7H,2-6H2,1H3,(H,13,17). The van der Waals surface area contributed by atoms with Crippen molar-refractivity contribution in [3.05, 3.63) is 17.0 Å². The predicted molar refractivity (Wildman–Crippen MR) is 66.3 cm³/mol. The van der Waals surface area contributed by atoms with E-state index in [0.717, 1.165) is 24.6 Å². The van der Waals surface area contributed by atoms with Crippen LogP contribution >= 0.6 is 11.6 Å². The van der Waals surface area contributed by atoms with Crippen LogP contribution in [0.25, 0.3) is 0 Å². The lowest BCUT2D eigenvalue weighted by atomic mass is 10.3. The number of carbonyl (C=O) groups excluding carboxylic acids is 1. The summed E-state index contributed by atoms with van der Waals surface area (Å²) in [6.45, 7) is 4.05. The van der Waals surface area contributed by atoms with E-state index in [4.69, 9.17) is 11.6 Å². The lowest BCUT2D eigenvalue weighted by Crippen LogP contribution is -2.29. The third-order valence-corrected chi connectivity index (χ3v) is 2.87. The molecule has 0 saturated carbocycles. The summed E-state index contributed by atoms with van der Waals surface area (Å²) in [5.74, 6) is 1.62. The molecular weight excluding hydrogens is 240 g/mol. The second kappa shape index (κ2) is 5.31. The summed E-state index contributed by atoms with van der Waals surface area (Å²) >= 11 is 5.96. The number of nitrogens with zero attached hydrogens (tertiary/aromatic N) is 3. The summed E-state index contributed by atoms with van der Waals surface area (Å²) < 4.78 is 0. The number of hydrogen-bond donors (Lipinski definition) is 1. The van der Waals surface area contributed by atoms with Crippen LogP contribution in [0.15, 0.2) is 6.07 Å². The van der Waals surface area contributed by atoms with Crippen molar-refractivity contribution in [1.29, 1.82) is 0 Å². The molecule has 1 fully saturated rings. The smallest absolute Gasteiger partial charge is 0.221 e. The van der Waals surface area contributed by atoms with E-state index < -0.39 is 0 Å². The molecular formula is C11H15ClN4O. The summed E-state index contributed by atoms with van der Waals surface area (Å²) in [4.78, 5) is 21.9. The normalized spacial score (nSPS) is 16.6. The van der Waals surface area contributed by atoms with E-state index in [-0.39, 0.29) is 5.91 Å². The molecule has 92 valence electrons. The average Bonchev–Trinajstić information content (AvgIpc) is 2.53. The van der Waals surface area contributed by atoms with E-state index in [9.17, 15) is 4.79 Å². The number of aryl methyl sites for hydroxylation is 1. The van der Waals surface area contributed by atoms with Crippen LogP contribution in [0.2, 0.25) is 5.15 Å². The van der Waals surface area contributed by atoms with E-state index in [1.807, 2.05) is 6.92 Å². The average molecular weight is 255 g/mol. The monoisotopic (exact) mass is 254 g/mol. The van der Waals surface area contributed by atoms with Gasteiger partial charge in [-0.15, -0.1) is 0 Å². The molecule has 0 bridgehead atoms. The fourth-order valence-electron chi connectivity index (χ4n) is 1.77. The maximum Gasteiger partial charge on any atom is 0.221 e. The summed E-state index contributed by atoms with van der Waals surface area (Å²) in [5.41, 5.74) is 0. The van der Waals surface area contributed by atoms with Crippen LogP contribution in [0.4, 0.5) is 5.82 Å². The highest BCUT2D eigenvalue weighted by Gasteiger charge is 2.15. The number of hydrogen-bond acceptors (Lipinski definition) is 4. The fraction of sp³-hybridized carbons (Fsp3) is 0.545. The van der Waals surface area contributed by atoms with Gasteiger partial charge in [0.15, 0.2) is 0 Å². The molecule has 0 atom stereocenters. The van der Waals surface area contributed by atoms with E-state index in [0.29, 0.717) is 24.7 Å². The number of anilines is 1. The van der Waals surface area contributed by atoms with Gasteiger partial charge in [0.05, 0.1) is 0 Å². The molecule has 1 aliphatic heterocycles. The molecule has 5 nitrogen and oxygen atoms in total. The molecule has 0 spiro atoms. The molecule has 2 heterocycles. The Kier molecular flexibility index (Phi) is 3.78. The van der Waals surface area contributed by atoms with Gasteiger partial charge in [-0.2, -0.15) is 0 Å². The van der Waals surface area contributed by atoms with Crippen molar-refractivity contribution in [3.8, 4) is 0 Å². The first kappa shape index (κ1) is 12.1. The Bertz CT molecular complexity index is 424. The Morgan fingerprint density at radius 2 is 2.29 bits per heavy atom. The van der Waals surface area contributed by atoms with E-state index >= 15 is 0 Å². The third-order valence-electron chi connectivity index (χ3n) is 2.68. The minimum atomic E-state index is 0.0865. The fourth-order valence-corrected chi connectivity index (χ4v) is 1.96. The van der Waals surface area contributed by atoms with Crippen LogP contribution in [0, 0.1) is 0 Å². The summed E-state index contributed by atoms with van der Waals surface area (Å²) in [6.07, 6.45) is 1.24.